The van der Waals surface area contributed by atoms with E-state index in [2.05, 4.69) is 45.0 Å². The molecule has 0 saturated heterocycles. The molecule has 3 aromatic rings. The SMILES string of the molecule is CCC/C=C(\C)Oc1ccncc1/C=C(\C#N)c1c[nH]c2ccc(Br)cc12. The highest BCUT2D eigenvalue weighted by molar-refractivity contribution is 9.10. The van der Waals surface area contributed by atoms with Gasteiger partial charge in [0, 0.05) is 45.1 Å². The number of unbranched alkanes of at least 4 members (excludes halogenated alkanes) is 1. The molecule has 2 heterocycles. The van der Waals surface area contributed by atoms with E-state index < -0.39 is 0 Å². The van der Waals surface area contributed by atoms with Crippen molar-refractivity contribution in [2.45, 2.75) is 26.7 Å². The van der Waals surface area contributed by atoms with Crippen molar-refractivity contribution >= 4 is 38.5 Å². The van der Waals surface area contributed by atoms with E-state index in [9.17, 15) is 5.26 Å². The highest BCUT2D eigenvalue weighted by atomic mass is 79.9. The van der Waals surface area contributed by atoms with Crippen molar-refractivity contribution < 1.29 is 4.74 Å². The first kappa shape index (κ1) is 18.9. The maximum absolute atomic E-state index is 9.76. The van der Waals surface area contributed by atoms with Gasteiger partial charge in [-0.2, -0.15) is 5.26 Å². The Morgan fingerprint density at radius 3 is 3.00 bits per heavy atom. The Morgan fingerprint density at radius 2 is 2.22 bits per heavy atom. The van der Waals surface area contributed by atoms with Gasteiger partial charge in [0.1, 0.15) is 5.75 Å². The highest BCUT2D eigenvalue weighted by Crippen LogP contribution is 2.30. The molecule has 2 aromatic heterocycles. The minimum atomic E-state index is 0.549. The maximum Gasteiger partial charge on any atom is 0.137 e. The minimum absolute atomic E-state index is 0.549. The normalized spacial score (nSPS) is 12.2. The zero-order valence-electron chi connectivity index (χ0n) is 15.3. The van der Waals surface area contributed by atoms with E-state index in [1.54, 1.807) is 12.4 Å². The van der Waals surface area contributed by atoms with Crippen LogP contribution in [0.5, 0.6) is 5.75 Å². The smallest absolute Gasteiger partial charge is 0.137 e. The number of hydrogen-bond acceptors (Lipinski definition) is 3. The summed E-state index contributed by atoms with van der Waals surface area (Å²) in [4.78, 5) is 7.41. The Labute approximate surface area is 167 Å². The van der Waals surface area contributed by atoms with Gasteiger partial charge in [-0.15, -0.1) is 0 Å². The molecule has 5 heteroatoms. The maximum atomic E-state index is 9.76. The Bertz CT molecular complexity index is 1060. The van der Waals surface area contributed by atoms with E-state index in [-0.39, 0.29) is 0 Å². The van der Waals surface area contributed by atoms with E-state index in [1.807, 2.05) is 43.5 Å². The van der Waals surface area contributed by atoms with E-state index in [0.29, 0.717) is 11.3 Å². The van der Waals surface area contributed by atoms with Crippen LogP contribution in [0.15, 0.2) is 59.2 Å². The highest BCUT2D eigenvalue weighted by Gasteiger charge is 2.11. The topological polar surface area (TPSA) is 61.7 Å². The molecule has 0 amide bonds. The van der Waals surface area contributed by atoms with E-state index in [1.165, 1.54) is 0 Å². The molecule has 136 valence electrons. The van der Waals surface area contributed by atoms with Gasteiger partial charge in [-0.25, -0.2) is 0 Å². The molecule has 3 rings (SSSR count). The Balaban J connectivity index is 2.01. The van der Waals surface area contributed by atoms with Crippen LogP contribution in [0.2, 0.25) is 0 Å². The van der Waals surface area contributed by atoms with E-state index in [0.717, 1.165) is 45.1 Å². The number of nitrogens with zero attached hydrogens (tertiary/aromatic N) is 2. The van der Waals surface area contributed by atoms with Crippen molar-refractivity contribution in [1.82, 2.24) is 9.97 Å². The van der Waals surface area contributed by atoms with Crippen LogP contribution < -0.4 is 4.74 Å². The Kier molecular flexibility index (Phi) is 6.10. The van der Waals surface area contributed by atoms with Gasteiger partial charge in [-0.1, -0.05) is 29.3 Å². The van der Waals surface area contributed by atoms with Crippen molar-refractivity contribution in [3.63, 3.8) is 0 Å². The number of allylic oxidation sites excluding steroid dienone is 3. The molecule has 0 spiro atoms. The van der Waals surface area contributed by atoms with Crippen LogP contribution in [0.25, 0.3) is 22.6 Å². The van der Waals surface area contributed by atoms with Crippen LogP contribution in [0.1, 0.15) is 37.8 Å². The second kappa shape index (κ2) is 8.70. The molecule has 0 aliphatic heterocycles. The van der Waals surface area contributed by atoms with Crippen molar-refractivity contribution in [3.05, 3.63) is 70.3 Å². The molecule has 0 fully saturated rings. The summed E-state index contributed by atoms with van der Waals surface area (Å²) < 4.78 is 6.94. The second-order valence-electron chi connectivity index (χ2n) is 6.18. The van der Waals surface area contributed by atoms with Crippen LogP contribution in [-0.4, -0.2) is 9.97 Å². The van der Waals surface area contributed by atoms with Crippen LogP contribution in [0.4, 0.5) is 0 Å². The summed E-state index contributed by atoms with van der Waals surface area (Å²) in [5.41, 5.74) is 3.15. The second-order valence-corrected chi connectivity index (χ2v) is 7.10. The Hall–Kier alpha value is -2.84. The molecule has 1 aromatic carbocycles. The fraction of sp³-hybridized carbons (Fsp3) is 0.182. The summed E-state index contributed by atoms with van der Waals surface area (Å²) in [6.07, 6.45) is 11.2. The average molecular weight is 422 g/mol. The molecular formula is C22H20BrN3O. The van der Waals surface area contributed by atoms with Crippen molar-refractivity contribution in [2.24, 2.45) is 0 Å². The molecule has 0 aliphatic rings. The lowest BCUT2D eigenvalue weighted by atomic mass is 10.0. The number of nitrogens with one attached hydrogen (secondary N) is 1. The molecule has 27 heavy (non-hydrogen) atoms. The van der Waals surface area contributed by atoms with E-state index >= 15 is 0 Å². The minimum Gasteiger partial charge on any atom is -0.462 e. The lowest BCUT2D eigenvalue weighted by molar-refractivity contribution is 0.423. The summed E-state index contributed by atoms with van der Waals surface area (Å²) >= 11 is 3.50. The van der Waals surface area contributed by atoms with Crippen molar-refractivity contribution in [1.29, 1.82) is 5.26 Å². The third-order valence-electron chi connectivity index (χ3n) is 4.16. The number of H-pyrrole nitrogens is 1. The number of rotatable bonds is 6. The molecule has 0 radical (unpaired) electrons. The van der Waals surface area contributed by atoms with Gasteiger partial charge in [0.05, 0.1) is 17.4 Å². The standard InChI is InChI=1S/C22H20BrN3O/c1-3-4-5-15(2)27-22-8-9-25-13-17(22)10-16(12-24)20-14-26-21-7-6-18(23)11-19(20)21/h5-11,13-14,26H,3-4H2,1-2H3/b15-5+,16-10+. The lowest BCUT2D eigenvalue weighted by Crippen LogP contribution is -1.94. The van der Waals surface area contributed by atoms with Gasteiger partial charge < -0.3 is 9.72 Å². The van der Waals surface area contributed by atoms with Gasteiger partial charge in [-0.3, -0.25) is 4.98 Å². The largest absolute Gasteiger partial charge is 0.462 e. The molecule has 4 nitrogen and oxygen atoms in total. The molecule has 0 saturated carbocycles. The molecule has 1 N–H and O–H groups in total. The first-order valence-corrected chi connectivity index (χ1v) is 9.59. The van der Waals surface area contributed by atoms with Gasteiger partial charge in [0.25, 0.3) is 0 Å². The number of halogens is 1. The number of benzene rings is 1. The fourth-order valence-corrected chi connectivity index (χ4v) is 3.16. The van der Waals surface area contributed by atoms with Crippen molar-refractivity contribution in [3.8, 4) is 11.8 Å². The summed E-state index contributed by atoms with van der Waals surface area (Å²) in [7, 11) is 0. The summed E-state index contributed by atoms with van der Waals surface area (Å²) in [6, 6.07) is 10.1. The molecule has 0 atom stereocenters. The van der Waals surface area contributed by atoms with Crippen LogP contribution in [0, 0.1) is 11.3 Å². The predicted molar refractivity (Wildman–Crippen MR) is 113 cm³/mol. The summed E-state index contributed by atoms with van der Waals surface area (Å²) in [5.74, 6) is 1.52. The van der Waals surface area contributed by atoms with Crippen LogP contribution >= 0.6 is 15.9 Å². The van der Waals surface area contributed by atoms with Gasteiger partial charge in [0.2, 0.25) is 0 Å². The number of pyridine rings is 1. The first-order chi connectivity index (χ1) is 13.1. The summed E-state index contributed by atoms with van der Waals surface area (Å²) in [6.45, 7) is 4.06. The first-order valence-electron chi connectivity index (χ1n) is 8.79. The molecule has 0 aliphatic carbocycles. The number of ether oxygens (including phenoxy) is 1. The van der Waals surface area contributed by atoms with Crippen LogP contribution in [-0.2, 0) is 0 Å². The number of aromatic nitrogens is 2. The predicted octanol–water partition coefficient (Wildman–Crippen LogP) is 6.47. The third kappa shape index (κ3) is 4.47. The fourth-order valence-electron chi connectivity index (χ4n) is 2.80. The van der Waals surface area contributed by atoms with Crippen molar-refractivity contribution in [2.75, 3.05) is 0 Å². The monoisotopic (exact) mass is 421 g/mol. The molecule has 0 unspecified atom stereocenters. The number of aromatic amines is 1. The number of fused-ring (bicyclic) bond motifs is 1. The van der Waals surface area contributed by atoms with Gasteiger partial charge >= 0.3 is 0 Å². The Morgan fingerprint density at radius 1 is 1.37 bits per heavy atom. The lowest BCUT2D eigenvalue weighted by Gasteiger charge is -2.09. The van der Waals surface area contributed by atoms with E-state index in [4.69, 9.17) is 4.74 Å². The summed E-state index contributed by atoms with van der Waals surface area (Å²) in [5, 5.41) is 10.7. The quantitative estimate of drug-likeness (QED) is 0.366. The number of hydrogen-bond donors (Lipinski definition) is 1. The van der Waals surface area contributed by atoms with Gasteiger partial charge in [-0.05, 0) is 49.8 Å². The van der Waals surface area contributed by atoms with Gasteiger partial charge in [0.15, 0.2) is 0 Å². The van der Waals surface area contributed by atoms with Crippen LogP contribution in [0.3, 0.4) is 0 Å². The molecular weight excluding hydrogens is 402 g/mol. The third-order valence-corrected chi connectivity index (χ3v) is 4.65. The zero-order chi connectivity index (χ0) is 19.2. The zero-order valence-corrected chi connectivity index (χ0v) is 16.9. The number of nitriles is 1. The average Bonchev–Trinajstić information content (AvgIpc) is 3.08. The molecule has 0 bridgehead atoms.